The molecule has 1 aromatic carbocycles. The molecule has 3 nitrogen and oxygen atoms in total. The first kappa shape index (κ1) is 13.9. The molecule has 0 N–H and O–H groups in total. The lowest BCUT2D eigenvalue weighted by atomic mass is 10.1. The van der Waals surface area contributed by atoms with E-state index in [0.29, 0.717) is 6.42 Å². The highest BCUT2D eigenvalue weighted by Gasteiger charge is 2.20. The molecule has 94 valence electrons. The van der Waals surface area contributed by atoms with Gasteiger partial charge < -0.3 is 0 Å². The number of benzene rings is 1. The lowest BCUT2D eigenvalue weighted by Crippen LogP contribution is -2.22. The van der Waals surface area contributed by atoms with Crippen LogP contribution in [0.4, 0.5) is 0 Å². The maximum Gasteiger partial charge on any atom is 0.161 e. The average molecular weight is 254 g/mol. The third kappa shape index (κ3) is 4.69. The minimum absolute atomic E-state index is 0.0595. The van der Waals surface area contributed by atoms with Crippen molar-refractivity contribution in [3.8, 4) is 0 Å². The second kappa shape index (κ2) is 5.96. The van der Waals surface area contributed by atoms with Gasteiger partial charge in [-0.15, -0.1) is 0 Å². The topological polar surface area (TPSA) is 51.2 Å². The van der Waals surface area contributed by atoms with E-state index >= 15 is 0 Å². The van der Waals surface area contributed by atoms with Crippen molar-refractivity contribution in [2.24, 2.45) is 5.92 Å². The predicted molar refractivity (Wildman–Crippen MR) is 68.4 cm³/mol. The van der Waals surface area contributed by atoms with E-state index in [2.05, 4.69) is 0 Å². The molecule has 1 unspecified atom stereocenters. The molecule has 0 fully saturated rings. The van der Waals surface area contributed by atoms with Crippen molar-refractivity contribution < 1.29 is 13.2 Å². The van der Waals surface area contributed by atoms with Crippen LogP contribution >= 0.6 is 0 Å². The maximum absolute atomic E-state index is 11.8. The fourth-order valence-corrected chi connectivity index (χ4v) is 2.99. The summed E-state index contributed by atoms with van der Waals surface area (Å²) in [5, 5.41) is 0. The number of carbonyl (C=O) groups excluding carboxylic acids is 1. The fourth-order valence-electron chi connectivity index (χ4n) is 1.47. The highest BCUT2D eigenvalue weighted by Crippen LogP contribution is 2.10. The molecule has 0 bridgehead atoms. The number of Topliss-reactive ketones (excluding diaryl/α,β-unsaturated/α-hetero) is 1. The number of rotatable bonds is 6. The molecule has 0 saturated heterocycles. The Morgan fingerprint density at radius 3 is 2.35 bits per heavy atom. The van der Waals surface area contributed by atoms with Crippen LogP contribution < -0.4 is 0 Å². The zero-order chi connectivity index (χ0) is 12.9. The largest absolute Gasteiger partial charge is 0.298 e. The third-order valence-electron chi connectivity index (χ3n) is 2.75. The Kier molecular flexibility index (Phi) is 4.87. The molecule has 4 heteroatoms. The van der Waals surface area contributed by atoms with Crippen LogP contribution in [0.3, 0.4) is 0 Å². The predicted octanol–water partition coefficient (Wildman–Crippen LogP) is 2.22. The van der Waals surface area contributed by atoms with E-state index in [1.807, 2.05) is 13.0 Å². The number of carbonyl (C=O) groups is 1. The molecular weight excluding hydrogens is 236 g/mol. The minimum atomic E-state index is -3.34. The van der Waals surface area contributed by atoms with Crippen LogP contribution in [0.2, 0.25) is 0 Å². The van der Waals surface area contributed by atoms with Crippen molar-refractivity contribution >= 4 is 15.6 Å². The van der Waals surface area contributed by atoms with Crippen LogP contribution in [-0.4, -0.2) is 20.0 Å². The van der Waals surface area contributed by atoms with Gasteiger partial charge in [0.05, 0.1) is 5.75 Å². The summed E-state index contributed by atoms with van der Waals surface area (Å²) in [5.41, 5.74) is 0.726. The number of sulfone groups is 1. The molecule has 1 rings (SSSR count). The highest BCUT2D eigenvalue weighted by molar-refractivity contribution is 7.91. The van der Waals surface area contributed by atoms with E-state index in [4.69, 9.17) is 0 Å². The molecule has 0 aliphatic carbocycles. The number of ketones is 1. The molecular formula is C13H18O3S. The normalized spacial score (nSPS) is 13.3. The fraction of sp³-hybridized carbons (Fsp3) is 0.462. The Balaban J connectivity index is 2.67. The molecule has 0 radical (unpaired) electrons. The molecule has 17 heavy (non-hydrogen) atoms. The second-order valence-electron chi connectivity index (χ2n) is 4.29. The summed E-state index contributed by atoms with van der Waals surface area (Å²) in [6.07, 6.45) is 0.680. The first-order valence-electron chi connectivity index (χ1n) is 5.71. The van der Waals surface area contributed by atoms with E-state index in [1.54, 1.807) is 31.2 Å². The Labute approximate surface area is 103 Å². The van der Waals surface area contributed by atoms with Crippen LogP contribution in [0.5, 0.6) is 0 Å². The van der Waals surface area contributed by atoms with E-state index in [9.17, 15) is 13.2 Å². The zero-order valence-corrected chi connectivity index (χ0v) is 11.0. The zero-order valence-electron chi connectivity index (χ0n) is 10.2. The van der Waals surface area contributed by atoms with Crippen molar-refractivity contribution in [1.29, 1.82) is 0 Å². The summed E-state index contributed by atoms with van der Waals surface area (Å²) in [5.74, 6) is -0.781. The van der Waals surface area contributed by atoms with E-state index < -0.39 is 9.84 Å². The van der Waals surface area contributed by atoms with Crippen molar-refractivity contribution in [2.45, 2.75) is 26.0 Å². The Morgan fingerprint density at radius 1 is 1.24 bits per heavy atom. The van der Waals surface area contributed by atoms with Gasteiger partial charge in [-0.25, -0.2) is 8.42 Å². The van der Waals surface area contributed by atoms with Gasteiger partial charge in [0.1, 0.15) is 5.75 Å². The van der Waals surface area contributed by atoms with Crippen LogP contribution in [0, 0.1) is 5.92 Å². The molecule has 0 aromatic heterocycles. The van der Waals surface area contributed by atoms with Gasteiger partial charge in [-0.1, -0.05) is 44.2 Å². The summed E-state index contributed by atoms with van der Waals surface area (Å²) >= 11 is 0. The van der Waals surface area contributed by atoms with Gasteiger partial charge in [-0.3, -0.25) is 4.79 Å². The summed E-state index contributed by atoms with van der Waals surface area (Å²) in [7, 11) is -3.34. The van der Waals surface area contributed by atoms with Gasteiger partial charge in [0.25, 0.3) is 0 Å². The van der Waals surface area contributed by atoms with Crippen molar-refractivity contribution in [3.63, 3.8) is 0 Å². The maximum atomic E-state index is 11.8. The van der Waals surface area contributed by atoms with E-state index in [1.165, 1.54) is 0 Å². The lowest BCUT2D eigenvalue weighted by Gasteiger charge is -2.08. The Hall–Kier alpha value is -1.16. The highest BCUT2D eigenvalue weighted by atomic mass is 32.2. The molecule has 0 aliphatic heterocycles. The van der Waals surface area contributed by atoms with Gasteiger partial charge in [-0.05, 0) is 12.0 Å². The Bertz CT molecular complexity index is 463. The van der Waals surface area contributed by atoms with E-state index in [-0.39, 0.29) is 23.2 Å². The van der Waals surface area contributed by atoms with Gasteiger partial charge in [0.15, 0.2) is 15.6 Å². The molecule has 0 amide bonds. The quantitative estimate of drug-likeness (QED) is 0.782. The standard InChI is InChI=1S/C13H18O3S/c1-3-11(2)13(14)10-17(15,16)9-12-7-5-4-6-8-12/h4-8,11H,3,9-10H2,1-2H3. The lowest BCUT2D eigenvalue weighted by molar-refractivity contribution is -0.119. The van der Waals surface area contributed by atoms with Gasteiger partial charge >= 0.3 is 0 Å². The summed E-state index contributed by atoms with van der Waals surface area (Å²) in [6, 6.07) is 8.93. The van der Waals surface area contributed by atoms with Crippen molar-refractivity contribution in [1.82, 2.24) is 0 Å². The van der Waals surface area contributed by atoms with Gasteiger partial charge in [0.2, 0.25) is 0 Å². The summed E-state index contributed by atoms with van der Waals surface area (Å²) in [4.78, 5) is 11.6. The van der Waals surface area contributed by atoms with Gasteiger partial charge in [-0.2, -0.15) is 0 Å². The molecule has 1 atom stereocenters. The average Bonchev–Trinajstić information content (AvgIpc) is 2.27. The minimum Gasteiger partial charge on any atom is -0.298 e. The molecule has 0 saturated carbocycles. The van der Waals surface area contributed by atoms with Crippen molar-refractivity contribution in [2.75, 3.05) is 5.75 Å². The third-order valence-corrected chi connectivity index (χ3v) is 4.25. The smallest absolute Gasteiger partial charge is 0.161 e. The SMILES string of the molecule is CCC(C)C(=O)CS(=O)(=O)Cc1ccccc1. The summed E-state index contributed by atoms with van der Waals surface area (Å²) in [6.45, 7) is 3.65. The van der Waals surface area contributed by atoms with Gasteiger partial charge in [0, 0.05) is 5.92 Å². The molecule has 0 aliphatic rings. The monoisotopic (exact) mass is 254 g/mol. The van der Waals surface area contributed by atoms with Crippen LogP contribution in [0.1, 0.15) is 25.8 Å². The van der Waals surface area contributed by atoms with E-state index in [0.717, 1.165) is 5.56 Å². The first-order chi connectivity index (χ1) is 7.94. The number of hydrogen-bond donors (Lipinski definition) is 0. The van der Waals surface area contributed by atoms with Crippen LogP contribution in [0.25, 0.3) is 0 Å². The summed E-state index contributed by atoms with van der Waals surface area (Å²) < 4.78 is 23.6. The Morgan fingerprint density at radius 2 is 1.82 bits per heavy atom. The van der Waals surface area contributed by atoms with Crippen LogP contribution in [0.15, 0.2) is 30.3 Å². The number of hydrogen-bond acceptors (Lipinski definition) is 3. The van der Waals surface area contributed by atoms with Crippen molar-refractivity contribution in [3.05, 3.63) is 35.9 Å². The molecule has 0 heterocycles. The first-order valence-corrected chi connectivity index (χ1v) is 7.54. The molecule has 0 spiro atoms. The molecule has 1 aromatic rings. The van der Waals surface area contributed by atoms with Crippen LogP contribution in [-0.2, 0) is 20.4 Å². The second-order valence-corrected chi connectivity index (χ2v) is 6.36.